The lowest BCUT2D eigenvalue weighted by Gasteiger charge is -2.37. The van der Waals surface area contributed by atoms with Gasteiger partial charge in [0.2, 0.25) is 0 Å². The number of β-amino-alcohol motifs (C(OH)–C–C–N with tert-alkyl or cyclic N) is 1. The molecule has 0 radical (unpaired) electrons. The van der Waals surface area contributed by atoms with Gasteiger partial charge in [0.15, 0.2) is 0 Å². The number of nitrogens with zero attached hydrogens (tertiary/aromatic N) is 4. The number of rotatable bonds is 8. The van der Waals surface area contributed by atoms with Gasteiger partial charge in [-0.3, -0.25) is 19.4 Å². The lowest BCUT2D eigenvalue weighted by atomic mass is 10.0. The number of hydrogen-bond donors (Lipinski definition) is 1. The van der Waals surface area contributed by atoms with Crippen molar-refractivity contribution in [1.29, 1.82) is 0 Å². The standard InChI is InChI=1S/C26H34N4O3S2/c1-4-29-21-8-6-5-7-19(21)23(28-13-11-27(12-14-28)15-16-31)20(24(29)32)17-22-25(33)30(26(34)35-22)10-9-18(2)3/h5-8,17-18,31H,4,9-16H2,1-3H3. The highest BCUT2D eigenvalue weighted by Gasteiger charge is 2.33. The van der Waals surface area contributed by atoms with Gasteiger partial charge in [-0.05, 0) is 31.4 Å². The molecule has 2 saturated heterocycles. The second kappa shape index (κ2) is 11.2. The van der Waals surface area contributed by atoms with Gasteiger partial charge in [-0.15, -0.1) is 0 Å². The highest BCUT2D eigenvalue weighted by atomic mass is 32.2. The first kappa shape index (κ1) is 25.9. The molecule has 35 heavy (non-hydrogen) atoms. The molecule has 7 nitrogen and oxygen atoms in total. The van der Waals surface area contributed by atoms with E-state index in [4.69, 9.17) is 12.2 Å². The van der Waals surface area contributed by atoms with E-state index < -0.39 is 0 Å². The van der Waals surface area contributed by atoms with Gasteiger partial charge in [0.05, 0.1) is 28.3 Å². The van der Waals surface area contributed by atoms with E-state index in [1.807, 2.05) is 25.1 Å². The van der Waals surface area contributed by atoms with E-state index in [9.17, 15) is 14.7 Å². The van der Waals surface area contributed by atoms with Gasteiger partial charge < -0.3 is 14.6 Å². The van der Waals surface area contributed by atoms with Gasteiger partial charge in [-0.25, -0.2) is 0 Å². The van der Waals surface area contributed by atoms with Crippen LogP contribution >= 0.6 is 24.0 Å². The number of carbonyl (C=O) groups excluding carboxylic acids is 1. The number of aryl methyl sites for hydroxylation is 1. The maximum Gasteiger partial charge on any atom is 0.266 e. The molecular weight excluding hydrogens is 480 g/mol. The van der Waals surface area contributed by atoms with Crippen molar-refractivity contribution in [1.82, 2.24) is 14.4 Å². The third-order valence-electron chi connectivity index (χ3n) is 6.68. The van der Waals surface area contributed by atoms with Gasteiger partial charge in [-0.2, -0.15) is 0 Å². The Hall–Kier alpha value is -2.20. The van der Waals surface area contributed by atoms with Crippen LogP contribution in [0.5, 0.6) is 0 Å². The predicted molar refractivity (Wildman–Crippen MR) is 149 cm³/mol. The van der Waals surface area contributed by atoms with Crippen LogP contribution in [0.3, 0.4) is 0 Å². The number of amides is 1. The molecule has 0 atom stereocenters. The molecule has 2 aliphatic heterocycles. The van der Waals surface area contributed by atoms with E-state index in [-0.39, 0.29) is 18.1 Å². The van der Waals surface area contributed by atoms with Crippen molar-refractivity contribution >= 4 is 56.9 Å². The van der Waals surface area contributed by atoms with Crippen LogP contribution in [0.1, 0.15) is 32.8 Å². The average molecular weight is 515 g/mol. The minimum Gasteiger partial charge on any atom is -0.395 e. The van der Waals surface area contributed by atoms with Crippen LogP contribution in [0.25, 0.3) is 17.0 Å². The first-order chi connectivity index (χ1) is 16.8. The molecule has 4 rings (SSSR count). The second-order valence-corrected chi connectivity index (χ2v) is 11.1. The molecule has 0 bridgehead atoms. The monoisotopic (exact) mass is 514 g/mol. The summed E-state index contributed by atoms with van der Waals surface area (Å²) in [6.45, 7) is 11.3. The number of aliphatic hydroxyl groups is 1. The quantitative estimate of drug-likeness (QED) is 0.428. The molecule has 2 aliphatic rings. The Kier molecular flexibility index (Phi) is 8.31. The van der Waals surface area contributed by atoms with E-state index in [0.717, 1.165) is 49.2 Å². The number of piperazine rings is 1. The van der Waals surface area contributed by atoms with Gasteiger partial charge in [0, 0.05) is 51.2 Å². The van der Waals surface area contributed by atoms with Crippen molar-refractivity contribution in [2.75, 3.05) is 50.8 Å². The summed E-state index contributed by atoms with van der Waals surface area (Å²) in [6.07, 6.45) is 2.65. The van der Waals surface area contributed by atoms with Gasteiger partial charge in [0.1, 0.15) is 4.32 Å². The largest absolute Gasteiger partial charge is 0.395 e. The minimum atomic E-state index is -0.116. The highest BCUT2D eigenvalue weighted by molar-refractivity contribution is 8.26. The smallest absolute Gasteiger partial charge is 0.266 e. The molecule has 0 unspecified atom stereocenters. The first-order valence-corrected chi connectivity index (χ1v) is 13.6. The highest BCUT2D eigenvalue weighted by Crippen LogP contribution is 2.36. The Morgan fingerprint density at radius 3 is 2.49 bits per heavy atom. The summed E-state index contributed by atoms with van der Waals surface area (Å²) in [5.74, 6) is 0.354. The van der Waals surface area contributed by atoms with E-state index in [2.05, 4.69) is 29.7 Å². The van der Waals surface area contributed by atoms with Crippen LogP contribution in [-0.4, -0.2) is 75.6 Å². The van der Waals surface area contributed by atoms with Crippen molar-refractivity contribution < 1.29 is 9.90 Å². The molecule has 9 heteroatoms. The maximum atomic E-state index is 13.8. The lowest BCUT2D eigenvalue weighted by molar-refractivity contribution is -0.122. The van der Waals surface area contributed by atoms with Gasteiger partial charge in [-0.1, -0.05) is 56.0 Å². The topological polar surface area (TPSA) is 69.0 Å². The van der Waals surface area contributed by atoms with Crippen molar-refractivity contribution in [3.8, 4) is 0 Å². The van der Waals surface area contributed by atoms with Crippen LogP contribution in [0.15, 0.2) is 34.0 Å². The summed E-state index contributed by atoms with van der Waals surface area (Å²) in [5, 5.41) is 10.3. The van der Waals surface area contributed by atoms with E-state index >= 15 is 0 Å². The number of aromatic nitrogens is 1. The fourth-order valence-corrected chi connectivity index (χ4v) is 6.03. The number of benzene rings is 1. The zero-order valence-corrected chi connectivity index (χ0v) is 22.3. The lowest BCUT2D eigenvalue weighted by Crippen LogP contribution is -2.48. The van der Waals surface area contributed by atoms with Gasteiger partial charge >= 0.3 is 0 Å². The summed E-state index contributed by atoms with van der Waals surface area (Å²) < 4.78 is 2.34. The second-order valence-electron chi connectivity index (χ2n) is 9.40. The Bertz CT molecular complexity index is 1200. The molecule has 1 amide bonds. The number of pyridine rings is 1. The summed E-state index contributed by atoms with van der Waals surface area (Å²) in [4.78, 5) is 33.7. The number of thiocarbonyl (C=S) groups is 1. The fourth-order valence-electron chi connectivity index (χ4n) is 4.74. The predicted octanol–water partition coefficient (Wildman–Crippen LogP) is 3.38. The van der Waals surface area contributed by atoms with Crippen molar-refractivity contribution in [3.63, 3.8) is 0 Å². The van der Waals surface area contributed by atoms with E-state index in [1.54, 1.807) is 15.5 Å². The number of aliphatic hydroxyl groups excluding tert-OH is 1. The molecular formula is C26H34N4O3S2. The van der Waals surface area contributed by atoms with Gasteiger partial charge in [0.25, 0.3) is 11.5 Å². The number of anilines is 1. The zero-order valence-electron chi connectivity index (χ0n) is 20.7. The molecule has 0 aliphatic carbocycles. The van der Waals surface area contributed by atoms with Crippen LogP contribution in [0.4, 0.5) is 5.69 Å². The van der Waals surface area contributed by atoms with Crippen molar-refractivity contribution in [3.05, 3.63) is 45.1 Å². The minimum absolute atomic E-state index is 0.0913. The third-order valence-corrected chi connectivity index (χ3v) is 8.06. The first-order valence-electron chi connectivity index (χ1n) is 12.3. The molecule has 1 N–H and O–H groups in total. The van der Waals surface area contributed by atoms with Crippen LogP contribution in [-0.2, 0) is 11.3 Å². The van der Waals surface area contributed by atoms with Crippen LogP contribution in [0, 0.1) is 5.92 Å². The number of thioether (sulfide) groups is 1. The normalized spacial score (nSPS) is 18.6. The summed E-state index contributed by atoms with van der Waals surface area (Å²) in [6, 6.07) is 7.99. The van der Waals surface area contributed by atoms with Crippen molar-refractivity contribution in [2.45, 2.75) is 33.7 Å². The summed E-state index contributed by atoms with van der Waals surface area (Å²) in [7, 11) is 0. The molecule has 188 valence electrons. The number of hydrogen-bond acceptors (Lipinski definition) is 7. The van der Waals surface area contributed by atoms with E-state index in [0.29, 0.717) is 40.3 Å². The number of fused-ring (bicyclic) bond motifs is 1. The van der Waals surface area contributed by atoms with Crippen LogP contribution in [0.2, 0.25) is 0 Å². The Balaban J connectivity index is 1.81. The van der Waals surface area contributed by atoms with E-state index in [1.165, 1.54) is 11.8 Å². The summed E-state index contributed by atoms with van der Waals surface area (Å²) in [5.41, 5.74) is 2.23. The number of carbonyl (C=O) groups is 1. The third kappa shape index (κ3) is 5.33. The van der Waals surface area contributed by atoms with Crippen molar-refractivity contribution in [2.24, 2.45) is 5.92 Å². The molecule has 0 saturated carbocycles. The SMILES string of the molecule is CCn1c(=O)c(C=C2SC(=S)N(CCC(C)C)C2=O)c(N2CCN(CCO)CC2)c2ccccc21. The summed E-state index contributed by atoms with van der Waals surface area (Å²) >= 11 is 6.81. The molecule has 2 fully saturated rings. The average Bonchev–Trinajstić information content (AvgIpc) is 3.11. The molecule has 3 heterocycles. The Morgan fingerprint density at radius 2 is 1.83 bits per heavy atom. The Labute approximate surface area is 216 Å². The molecule has 1 aromatic carbocycles. The zero-order chi connectivity index (χ0) is 25.1. The number of para-hydroxylation sites is 1. The fraction of sp³-hybridized carbons (Fsp3) is 0.500. The molecule has 1 aromatic heterocycles. The molecule has 0 spiro atoms. The Morgan fingerprint density at radius 1 is 1.11 bits per heavy atom. The maximum absolute atomic E-state index is 13.8. The molecule has 2 aromatic rings. The van der Waals surface area contributed by atoms with Crippen LogP contribution < -0.4 is 10.5 Å².